The molecule has 3 atom stereocenters. The molecule has 2 aromatic rings. The fraction of sp³-hybridized carbons (Fsp3) is 0.476. The molecule has 0 spiro atoms. The van der Waals surface area contributed by atoms with E-state index in [1.807, 2.05) is 29.2 Å². The topological polar surface area (TPSA) is 83.0 Å². The lowest BCUT2D eigenvalue weighted by atomic mass is 9.83. The van der Waals surface area contributed by atoms with E-state index in [9.17, 15) is 10.1 Å². The number of amides is 1. The molecule has 4 rings (SSSR count). The highest BCUT2D eigenvalue weighted by molar-refractivity contribution is 5.88. The summed E-state index contributed by atoms with van der Waals surface area (Å²) in [5.74, 6) is 1.14. The van der Waals surface area contributed by atoms with E-state index in [2.05, 4.69) is 18.0 Å². The molecule has 1 saturated heterocycles. The van der Waals surface area contributed by atoms with Crippen molar-refractivity contribution in [2.45, 2.75) is 38.1 Å². The summed E-state index contributed by atoms with van der Waals surface area (Å²) in [6.45, 7) is 3.67. The summed E-state index contributed by atoms with van der Waals surface area (Å²) in [6.07, 6.45) is 4.90. The zero-order valence-corrected chi connectivity index (χ0v) is 15.1. The molecule has 2 aliphatic rings. The fourth-order valence-electron chi connectivity index (χ4n) is 4.27. The van der Waals surface area contributed by atoms with E-state index < -0.39 is 0 Å². The molecule has 134 valence electrons. The quantitative estimate of drug-likeness (QED) is 0.924. The van der Waals surface area contributed by atoms with Crippen molar-refractivity contribution in [3.63, 3.8) is 0 Å². The Morgan fingerprint density at radius 3 is 2.88 bits per heavy atom. The van der Waals surface area contributed by atoms with Crippen molar-refractivity contribution in [1.82, 2.24) is 9.88 Å². The Morgan fingerprint density at radius 2 is 2.15 bits per heavy atom. The molecule has 0 unspecified atom stereocenters. The zero-order valence-electron chi connectivity index (χ0n) is 15.1. The maximum absolute atomic E-state index is 12.8. The van der Waals surface area contributed by atoms with Gasteiger partial charge in [0.15, 0.2) is 0 Å². The lowest BCUT2D eigenvalue weighted by Crippen LogP contribution is -2.50. The van der Waals surface area contributed by atoms with Gasteiger partial charge in [-0.1, -0.05) is 19.1 Å². The number of benzene rings is 1. The molecular formula is C21H24N4O. The Morgan fingerprint density at radius 1 is 1.35 bits per heavy atom. The van der Waals surface area contributed by atoms with E-state index >= 15 is 0 Å². The second-order valence-corrected chi connectivity index (χ2v) is 7.86. The van der Waals surface area contributed by atoms with Crippen molar-refractivity contribution in [2.24, 2.45) is 17.6 Å². The largest absolute Gasteiger partial charge is 0.340 e. The smallest absolute Gasteiger partial charge is 0.239 e. The van der Waals surface area contributed by atoms with Gasteiger partial charge in [-0.2, -0.15) is 5.26 Å². The van der Waals surface area contributed by atoms with Gasteiger partial charge in [0.25, 0.3) is 0 Å². The second kappa shape index (κ2) is 6.69. The van der Waals surface area contributed by atoms with Gasteiger partial charge in [-0.15, -0.1) is 0 Å². The predicted octanol–water partition coefficient (Wildman–Crippen LogP) is 2.80. The molecule has 5 heteroatoms. The summed E-state index contributed by atoms with van der Waals surface area (Å²) in [7, 11) is 0. The molecule has 2 fully saturated rings. The average Bonchev–Trinajstić information content (AvgIpc) is 3.50. The van der Waals surface area contributed by atoms with Crippen LogP contribution in [-0.2, 0) is 4.79 Å². The summed E-state index contributed by atoms with van der Waals surface area (Å²) in [5.41, 5.74) is 8.69. The zero-order chi connectivity index (χ0) is 18.3. The third kappa shape index (κ3) is 3.06. The molecular weight excluding hydrogens is 324 g/mol. The summed E-state index contributed by atoms with van der Waals surface area (Å²) in [6, 6.07) is 9.70. The SMILES string of the molecule is C[C@@H]1C[C@@H](c2ccc(C#N)c3ncccc23)CN(C(=O)[C@@H](N)C2CC2)C1. The highest BCUT2D eigenvalue weighted by atomic mass is 16.2. The average molecular weight is 348 g/mol. The van der Waals surface area contributed by atoms with Crippen molar-refractivity contribution < 1.29 is 4.79 Å². The van der Waals surface area contributed by atoms with Crippen molar-refractivity contribution >= 4 is 16.8 Å². The summed E-state index contributed by atoms with van der Waals surface area (Å²) in [4.78, 5) is 19.2. The summed E-state index contributed by atoms with van der Waals surface area (Å²) in [5, 5.41) is 10.4. The van der Waals surface area contributed by atoms with Crippen LogP contribution in [0, 0.1) is 23.2 Å². The summed E-state index contributed by atoms with van der Waals surface area (Å²) >= 11 is 0. The Kier molecular flexibility index (Phi) is 4.37. The second-order valence-electron chi connectivity index (χ2n) is 7.86. The highest BCUT2D eigenvalue weighted by Crippen LogP contribution is 2.37. The van der Waals surface area contributed by atoms with Gasteiger partial charge in [0.2, 0.25) is 5.91 Å². The van der Waals surface area contributed by atoms with Gasteiger partial charge in [0.1, 0.15) is 6.07 Å². The minimum Gasteiger partial charge on any atom is -0.340 e. The van der Waals surface area contributed by atoms with Crippen LogP contribution in [0.15, 0.2) is 30.5 Å². The first-order valence-electron chi connectivity index (χ1n) is 9.40. The third-order valence-electron chi connectivity index (χ3n) is 5.75. The van der Waals surface area contributed by atoms with E-state index in [-0.39, 0.29) is 17.9 Å². The number of fused-ring (bicyclic) bond motifs is 1. The van der Waals surface area contributed by atoms with Crippen LogP contribution >= 0.6 is 0 Å². The standard InChI is InChI=1S/C21H24N4O/c1-13-9-16(12-25(11-13)21(26)19(23)14-4-5-14)17-7-6-15(10-22)20-18(17)3-2-8-24-20/h2-3,6-8,13-14,16,19H,4-5,9,11-12,23H2,1H3/t13-,16-,19+/m1/s1. The third-order valence-corrected chi connectivity index (χ3v) is 5.75. The Balaban J connectivity index is 1.66. The molecule has 2 N–H and O–H groups in total. The number of carbonyl (C=O) groups excluding carboxylic acids is 1. The van der Waals surface area contributed by atoms with Gasteiger partial charge >= 0.3 is 0 Å². The van der Waals surface area contributed by atoms with Crippen LogP contribution in [0.5, 0.6) is 0 Å². The van der Waals surface area contributed by atoms with Crippen LogP contribution in [0.4, 0.5) is 0 Å². The predicted molar refractivity (Wildman–Crippen MR) is 100 cm³/mol. The van der Waals surface area contributed by atoms with E-state index in [0.717, 1.165) is 36.7 Å². The Bertz CT molecular complexity index is 883. The lowest BCUT2D eigenvalue weighted by Gasteiger charge is -2.38. The Hall–Kier alpha value is -2.45. The van der Waals surface area contributed by atoms with Gasteiger partial charge in [0, 0.05) is 30.6 Å². The first-order valence-corrected chi connectivity index (χ1v) is 9.40. The molecule has 1 saturated carbocycles. The van der Waals surface area contributed by atoms with Gasteiger partial charge in [0.05, 0.1) is 17.1 Å². The van der Waals surface area contributed by atoms with Gasteiger partial charge in [-0.05, 0) is 48.8 Å². The van der Waals surface area contributed by atoms with Crippen LogP contribution in [0.25, 0.3) is 10.9 Å². The molecule has 1 aliphatic heterocycles. The van der Waals surface area contributed by atoms with Crippen molar-refractivity contribution in [1.29, 1.82) is 5.26 Å². The van der Waals surface area contributed by atoms with E-state index in [0.29, 0.717) is 23.9 Å². The molecule has 1 aromatic heterocycles. The first kappa shape index (κ1) is 17.0. The number of nitriles is 1. The molecule has 5 nitrogen and oxygen atoms in total. The van der Waals surface area contributed by atoms with Crippen molar-refractivity contribution in [3.05, 3.63) is 41.6 Å². The number of carbonyl (C=O) groups is 1. The number of aromatic nitrogens is 1. The molecule has 1 amide bonds. The number of nitrogens with two attached hydrogens (primary N) is 1. The van der Waals surface area contributed by atoms with Crippen LogP contribution in [0.1, 0.15) is 43.2 Å². The molecule has 1 aromatic carbocycles. The number of nitrogens with zero attached hydrogens (tertiary/aromatic N) is 3. The summed E-state index contributed by atoms with van der Waals surface area (Å²) < 4.78 is 0. The van der Waals surface area contributed by atoms with Crippen molar-refractivity contribution in [2.75, 3.05) is 13.1 Å². The van der Waals surface area contributed by atoms with E-state index in [4.69, 9.17) is 5.73 Å². The van der Waals surface area contributed by atoms with Crippen LogP contribution in [0.3, 0.4) is 0 Å². The maximum Gasteiger partial charge on any atom is 0.239 e. The van der Waals surface area contributed by atoms with Crippen molar-refractivity contribution in [3.8, 4) is 6.07 Å². The minimum atomic E-state index is -0.347. The number of pyridine rings is 1. The van der Waals surface area contributed by atoms with Gasteiger partial charge in [-0.25, -0.2) is 0 Å². The lowest BCUT2D eigenvalue weighted by molar-refractivity contribution is -0.135. The number of hydrogen-bond acceptors (Lipinski definition) is 4. The van der Waals surface area contributed by atoms with Gasteiger partial charge in [-0.3, -0.25) is 9.78 Å². The number of rotatable bonds is 3. The van der Waals surface area contributed by atoms with Gasteiger partial charge < -0.3 is 10.6 Å². The Labute approximate surface area is 153 Å². The molecule has 1 aliphatic carbocycles. The number of likely N-dealkylation sites (tertiary alicyclic amines) is 1. The maximum atomic E-state index is 12.8. The van der Waals surface area contributed by atoms with E-state index in [1.165, 1.54) is 5.56 Å². The molecule has 2 heterocycles. The fourth-order valence-corrected chi connectivity index (χ4v) is 4.27. The first-order chi connectivity index (χ1) is 12.6. The number of hydrogen-bond donors (Lipinski definition) is 1. The minimum absolute atomic E-state index is 0.0973. The number of piperidine rings is 1. The molecule has 26 heavy (non-hydrogen) atoms. The van der Waals surface area contributed by atoms with Crippen LogP contribution < -0.4 is 5.73 Å². The monoisotopic (exact) mass is 348 g/mol. The van der Waals surface area contributed by atoms with Crippen LogP contribution in [0.2, 0.25) is 0 Å². The van der Waals surface area contributed by atoms with E-state index in [1.54, 1.807) is 6.20 Å². The normalized spacial score (nSPS) is 24.3. The van der Waals surface area contributed by atoms with Crippen LogP contribution in [-0.4, -0.2) is 34.9 Å². The molecule has 0 radical (unpaired) electrons. The molecule has 0 bridgehead atoms. The highest BCUT2D eigenvalue weighted by Gasteiger charge is 2.38.